The molecule has 0 spiro atoms. The van der Waals surface area contributed by atoms with Crippen molar-refractivity contribution in [2.45, 2.75) is 31.6 Å². The Morgan fingerprint density at radius 1 is 1.33 bits per heavy atom. The summed E-state index contributed by atoms with van der Waals surface area (Å²) in [4.78, 5) is 16.0. The van der Waals surface area contributed by atoms with Gasteiger partial charge in [-0.2, -0.15) is 0 Å². The van der Waals surface area contributed by atoms with Gasteiger partial charge in [0.1, 0.15) is 5.75 Å². The van der Waals surface area contributed by atoms with Crippen LogP contribution in [0.25, 0.3) is 11.0 Å². The topological polar surface area (TPSA) is 75.3 Å². The van der Waals surface area contributed by atoms with Crippen molar-refractivity contribution >= 4 is 11.0 Å². The summed E-state index contributed by atoms with van der Waals surface area (Å²) in [6.45, 7) is 0. The number of aromatic nitrogens is 2. The maximum atomic E-state index is 12.1. The number of hydrogen-bond acceptors (Lipinski definition) is 4. The SMILES string of the molecule is O=c1c(C2CCCC2)c(O)c2cccnc2n1O. The summed E-state index contributed by atoms with van der Waals surface area (Å²) in [6.07, 6.45) is 5.35. The van der Waals surface area contributed by atoms with Crippen LogP contribution >= 0.6 is 0 Å². The third-order valence-electron chi connectivity index (χ3n) is 3.68. The molecule has 5 nitrogen and oxygen atoms in total. The van der Waals surface area contributed by atoms with Crippen molar-refractivity contribution in [2.24, 2.45) is 0 Å². The fourth-order valence-corrected chi connectivity index (χ4v) is 2.79. The van der Waals surface area contributed by atoms with Crippen LogP contribution < -0.4 is 5.56 Å². The van der Waals surface area contributed by atoms with E-state index < -0.39 is 5.56 Å². The van der Waals surface area contributed by atoms with Crippen molar-refractivity contribution in [1.82, 2.24) is 9.71 Å². The Balaban J connectivity index is 2.35. The predicted molar refractivity (Wildman–Crippen MR) is 66.1 cm³/mol. The van der Waals surface area contributed by atoms with Gasteiger partial charge in [0.15, 0.2) is 5.65 Å². The first kappa shape index (κ1) is 11.1. The lowest BCUT2D eigenvalue weighted by atomic mass is 9.97. The Morgan fingerprint density at radius 2 is 2.06 bits per heavy atom. The molecule has 2 aromatic rings. The molecule has 0 bridgehead atoms. The van der Waals surface area contributed by atoms with E-state index in [9.17, 15) is 15.1 Å². The smallest absolute Gasteiger partial charge is 0.292 e. The first-order chi connectivity index (χ1) is 8.70. The van der Waals surface area contributed by atoms with Crippen LogP contribution in [0.15, 0.2) is 23.1 Å². The Hall–Kier alpha value is -2.04. The molecular weight excluding hydrogens is 232 g/mol. The van der Waals surface area contributed by atoms with Gasteiger partial charge in [0, 0.05) is 6.20 Å². The van der Waals surface area contributed by atoms with Gasteiger partial charge in [0.05, 0.1) is 10.9 Å². The molecule has 2 aromatic heterocycles. The summed E-state index contributed by atoms with van der Waals surface area (Å²) in [7, 11) is 0. The van der Waals surface area contributed by atoms with Gasteiger partial charge in [-0.25, -0.2) is 4.98 Å². The summed E-state index contributed by atoms with van der Waals surface area (Å²) >= 11 is 0. The zero-order chi connectivity index (χ0) is 12.7. The van der Waals surface area contributed by atoms with E-state index in [1.807, 2.05) is 0 Å². The molecule has 0 radical (unpaired) electrons. The van der Waals surface area contributed by atoms with E-state index >= 15 is 0 Å². The zero-order valence-corrected chi connectivity index (χ0v) is 9.83. The Labute approximate surface area is 103 Å². The third-order valence-corrected chi connectivity index (χ3v) is 3.68. The van der Waals surface area contributed by atoms with E-state index in [0.717, 1.165) is 25.7 Å². The van der Waals surface area contributed by atoms with E-state index in [2.05, 4.69) is 4.98 Å². The van der Waals surface area contributed by atoms with Crippen molar-refractivity contribution < 1.29 is 10.3 Å². The van der Waals surface area contributed by atoms with Crippen molar-refractivity contribution in [2.75, 3.05) is 0 Å². The van der Waals surface area contributed by atoms with Crippen LogP contribution in [0.2, 0.25) is 0 Å². The van der Waals surface area contributed by atoms with Crippen LogP contribution in [0.3, 0.4) is 0 Å². The van der Waals surface area contributed by atoms with Gasteiger partial charge in [-0.3, -0.25) is 4.79 Å². The van der Waals surface area contributed by atoms with Gasteiger partial charge in [-0.05, 0) is 30.9 Å². The highest BCUT2D eigenvalue weighted by atomic mass is 16.5. The Morgan fingerprint density at radius 3 is 2.78 bits per heavy atom. The number of fused-ring (bicyclic) bond motifs is 1. The molecule has 2 heterocycles. The molecule has 1 aliphatic carbocycles. The summed E-state index contributed by atoms with van der Waals surface area (Å²) in [6, 6.07) is 3.33. The van der Waals surface area contributed by atoms with Crippen LogP contribution in [0.1, 0.15) is 37.2 Å². The molecule has 1 saturated carbocycles. The Kier molecular flexibility index (Phi) is 2.47. The van der Waals surface area contributed by atoms with Crippen molar-refractivity contribution in [3.05, 3.63) is 34.2 Å². The second-order valence-electron chi connectivity index (χ2n) is 4.74. The first-order valence-corrected chi connectivity index (χ1v) is 6.12. The van der Waals surface area contributed by atoms with Gasteiger partial charge in [0.2, 0.25) is 0 Å². The highest BCUT2D eigenvalue weighted by Gasteiger charge is 2.26. The highest BCUT2D eigenvalue weighted by Crippen LogP contribution is 2.38. The van der Waals surface area contributed by atoms with Crippen molar-refractivity contribution in [1.29, 1.82) is 0 Å². The van der Waals surface area contributed by atoms with E-state index in [0.29, 0.717) is 15.7 Å². The minimum absolute atomic E-state index is 0.0275. The molecule has 1 aliphatic rings. The summed E-state index contributed by atoms with van der Waals surface area (Å²) in [5, 5.41) is 20.5. The van der Waals surface area contributed by atoms with E-state index in [-0.39, 0.29) is 17.3 Å². The van der Waals surface area contributed by atoms with Crippen LogP contribution in [-0.2, 0) is 0 Å². The quantitative estimate of drug-likeness (QED) is 0.754. The molecule has 3 rings (SSSR count). The van der Waals surface area contributed by atoms with E-state index in [1.165, 1.54) is 6.20 Å². The maximum Gasteiger partial charge on any atom is 0.292 e. The standard InChI is InChI=1S/C13H14N2O3/c16-11-9-6-3-7-14-12(9)15(18)13(17)10(11)8-4-1-2-5-8/h3,6-8,16,18H,1-2,4-5H2. The monoisotopic (exact) mass is 246 g/mol. The summed E-state index contributed by atoms with van der Waals surface area (Å²) < 4.78 is 0.544. The minimum atomic E-state index is -0.550. The minimum Gasteiger partial charge on any atom is -0.507 e. The number of pyridine rings is 2. The average Bonchev–Trinajstić information content (AvgIpc) is 2.90. The molecule has 0 aliphatic heterocycles. The second-order valence-corrected chi connectivity index (χ2v) is 4.74. The zero-order valence-electron chi connectivity index (χ0n) is 9.83. The molecule has 1 fully saturated rings. The number of aromatic hydroxyl groups is 1. The fourth-order valence-electron chi connectivity index (χ4n) is 2.79. The largest absolute Gasteiger partial charge is 0.507 e. The number of hydrogen-bond donors (Lipinski definition) is 2. The summed E-state index contributed by atoms with van der Waals surface area (Å²) in [5.41, 5.74) is -0.122. The molecule has 94 valence electrons. The average molecular weight is 246 g/mol. The van der Waals surface area contributed by atoms with E-state index in [1.54, 1.807) is 12.1 Å². The molecule has 0 atom stereocenters. The molecule has 0 saturated heterocycles. The van der Waals surface area contributed by atoms with Crippen LogP contribution in [0.5, 0.6) is 5.75 Å². The molecule has 0 unspecified atom stereocenters. The molecule has 18 heavy (non-hydrogen) atoms. The van der Waals surface area contributed by atoms with Crippen LogP contribution in [0, 0.1) is 0 Å². The second kappa shape index (κ2) is 4.01. The van der Waals surface area contributed by atoms with Gasteiger partial charge in [-0.1, -0.05) is 12.8 Å². The number of rotatable bonds is 1. The first-order valence-electron chi connectivity index (χ1n) is 6.12. The fraction of sp³-hybridized carbons (Fsp3) is 0.385. The third kappa shape index (κ3) is 1.47. The van der Waals surface area contributed by atoms with Crippen LogP contribution in [-0.4, -0.2) is 20.0 Å². The van der Waals surface area contributed by atoms with Gasteiger partial charge < -0.3 is 10.3 Å². The molecule has 2 N–H and O–H groups in total. The lowest BCUT2D eigenvalue weighted by Crippen LogP contribution is -2.24. The highest BCUT2D eigenvalue weighted by molar-refractivity contribution is 5.83. The Bertz CT molecular complexity index is 657. The lowest BCUT2D eigenvalue weighted by molar-refractivity contribution is 0.184. The van der Waals surface area contributed by atoms with Crippen LogP contribution in [0.4, 0.5) is 0 Å². The molecule has 0 aromatic carbocycles. The van der Waals surface area contributed by atoms with Gasteiger partial charge in [-0.15, -0.1) is 4.73 Å². The number of nitrogens with zero attached hydrogens (tertiary/aromatic N) is 2. The van der Waals surface area contributed by atoms with E-state index in [4.69, 9.17) is 0 Å². The molecular formula is C13H14N2O3. The maximum absolute atomic E-state index is 12.1. The summed E-state index contributed by atoms with van der Waals surface area (Å²) in [5.74, 6) is 0.0146. The van der Waals surface area contributed by atoms with Crippen molar-refractivity contribution in [3.63, 3.8) is 0 Å². The van der Waals surface area contributed by atoms with Gasteiger partial charge >= 0.3 is 0 Å². The predicted octanol–water partition coefficient (Wildman–Crippen LogP) is 2.00. The van der Waals surface area contributed by atoms with Gasteiger partial charge in [0.25, 0.3) is 5.56 Å². The van der Waals surface area contributed by atoms with Crippen molar-refractivity contribution in [3.8, 4) is 5.75 Å². The molecule has 0 amide bonds. The molecule has 5 heteroatoms. The normalized spacial score (nSPS) is 16.4. The lowest BCUT2D eigenvalue weighted by Gasteiger charge is -2.13.